The van der Waals surface area contributed by atoms with Gasteiger partial charge in [0.15, 0.2) is 0 Å². The van der Waals surface area contributed by atoms with Crippen molar-refractivity contribution in [3.63, 3.8) is 0 Å². The molecule has 0 aliphatic heterocycles. The Morgan fingerprint density at radius 2 is 1.79 bits per heavy atom. The van der Waals surface area contributed by atoms with Crippen molar-refractivity contribution in [1.82, 2.24) is 4.90 Å². The molecule has 2 amide bonds. The summed E-state index contributed by atoms with van der Waals surface area (Å²) in [6.07, 6.45) is 0. The molecule has 0 bridgehead atoms. The van der Waals surface area contributed by atoms with E-state index in [0.29, 0.717) is 10.7 Å². The van der Waals surface area contributed by atoms with Gasteiger partial charge in [-0.15, -0.1) is 0 Å². The number of hydrogen-bond acceptors (Lipinski definition) is 2. The maximum absolute atomic E-state index is 12.4. The molecule has 0 aliphatic rings. The van der Waals surface area contributed by atoms with E-state index < -0.39 is 0 Å². The molecule has 0 saturated heterocycles. The largest absolute Gasteiger partial charge is 0.327 e. The first-order chi connectivity index (χ1) is 11.4. The molecule has 1 atom stereocenters. The van der Waals surface area contributed by atoms with E-state index in [1.807, 2.05) is 44.2 Å². The van der Waals surface area contributed by atoms with Crippen molar-refractivity contribution < 1.29 is 9.59 Å². The third-order valence-corrected chi connectivity index (χ3v) is 4.42. The summed E-state index contributed by atoms with van der Waals surface area (Å²) < 4.78 is 0. The molecule has 5 heteroatoms. The molecule has 4 nitrogen and oxygen atoms in total. The maximum atomic E-state index is 12.4. The van der Waals surface area contributed by atoms with Gasteiger partial charge in [-0.1, -0.05) is 48.0 Å². The normalized spacial score (nSPS) is 11.7. The Kier molecular flexibility index (Phi) is 5.99. The topological polar surface area (TPSA) is 49.4 Å². The fourth-order valence-electron chi connectivity index (χ4n) is 2.52. The predicted octanol–water partition coefficient (Wildman–Crippen LogP) is 4.20. The van der Waals surface area contributed by atoms with Gasteiger partial charge in [0.1, 0.15) is 6.54 Å². The quantitative estimate of drug-likeness (QED) is 0.883. The Morgan fingerprint density at radius 3 is 2.42 bits per heavy atom. The molecule has 1 unspecified atom stereocenters. The molecule has 0 heterocycles. The van der Waals surface area contributed by atoms with Crippen molar-refractivity contribution in [2.75, 3.05) is 11.9 Å². The number of rotatable bonds is 5. The highest BCUT2D eigenvalue weighted by Crippen LogP contribution is 2.24. The predicted molar refractivity (Wildman–Crippen MR) is 97.1 cm³/mol. The van der Waals surface area contributed by atoms with E-state index in [0.717, 1.165) is 11.1 Å². The van der Waals surface area contributed by atoms with E-state index in [1.165, 1.54) is 6.92 Å². The van der Waals surface area contributed by atoms with Gasteiger partial charge in [-0.05, 0) is 37.1 Å². The van der Waals surface area contributed by atoms with Crippen LogP contribution >= 0.6 is 11.6 Å². The highest BCUT2D eigenvalue weighted by molar-refractivity contribution is 6.31. The zero-order chi connectivity index (χ0) is 17.7. The summed E-state index contributed by atoms with van der Waals surface area (Å²) in [5, 5.41) is 3.42. The fraction of sp³-hybridized carbons (Fsp3) is 0.263. The fourth-order valence-corrected chi connectivity index (χ4v) is 2.69. The minimum atomic E-state index is -0.252. The van der Waals surface area contributed by atoms with Gasteiger partial charge in [0.2, 0.25) is 11.8 Å². The van der Waals surface area contributed by atoms with Crippen LogP contribution in [0, 0.1) is 6.92 Å². The molecule has 2 aromatic rings. The van der Waals surface area contributed by atoms with Gasteiger partial charge in [0.25, 0.3) is 0 Å². The van der Waals surface area contributed by atoms with Crippen LogP contribution in [0.2, 0.25) is 5.02 Å². The third-order valence-electron chi connectivity index (χ3n) is 4.01. The molecule has 0 saturated carbocycles. The SMILES string of the molecule is CC(=O)N(CC(=O)Nc1cccc(Cl)c1C)C(C)c1ccccc1. The van der Waals surface area contributed by atoms with Crippen molar-refractivity contribution in [2.45, 2.75) is 26.8 Å². The summed E-state index contributed by atoms with van der Waals surface area (Å²) >= 11 is 6.07. The number of anilines is 1. The molecular weight excluding hydrogens is 324 g/mol. The minimum Gasteiger partial charge on any atom is -0.327 e. The number of hydrogen-bond donors (Lipinski definition) is 1. The Bertz CT molecular complexity index is 731. The van der Waals surface area contributed by atoms with E-state index >= 15 is 0 Å². The summed E-state index contributed by atoms with van der Waals surface area (Å²) in [4.78, 5) is 25.9. The lowest BCUT2D eigenvalue weighted by Crippen LogP contribution is -2.38. The number of benzene rings is 2. The number of carbonyl (C=O) groups is 2. The first kappa shape index (κ1) is 18.0. The molecule has 0 aliphatic carbocycles. The first-order valence-electron chi connectivity index (χ1n) is 7.77. The maximum Gasteiger partial charge on any atom is 0.244 e. The summed E-state index contributed by atoms with van der Waals surface area (Å²) in [7, 11) is 0. The number of amides is 2. The Morgan fingerprint density at radius 1 is 1.12 bits per heavy atom. The van der Waals surface area contributed by atoms with Crippen LogP contribution in [0.25, 0.3) is 0 Å². The number of halogens is 1. The molecular formula is C19H21ClN2O2. The number of nitrogens with zero attached hydrogens (tertiary/aromatic N) is 1. The average molecular weight is 345 g/mol. The average Bonchev–Trinajstić information content (AvgIpc) is 2.57. The van der Waals surface area contributed by atoms with Crippen LogP contribution in [0.1, 0.15) is 31.0 Å². The van der Waals surface area contributed by atoms with Crippen molar-refractivity contribution in [2.24, 2.45) is 0 Å². The second-order valence-corrected chi connectivity index (χ2v) is 6.10. The van der Waals surface area contributed by atoms with E-state index in [9.17, 15) is 9.59 Å². The Hall–Kier alpha value is -2.33. The van der Waals surface area contributed by atoms with Crippen LogP contribution in [0.3, 0.4) is 0 Å². The standard InChI is InChI=1S/C19H21ClN2O2/c1-13-17(20)10-7-11-18(13)21-19(24)12-22(15(3)23)14(2)16-8-5-4-6-9-16/h4-11,14H,12H2,1-3H3,(H,21,24). The molecule has 0 spiro atoms. The van der Waals surface area contributed by atoms with Crippen molar-refractivity contribution in [1.29, 1.82) is 0 Å². The van der Waals surface area contributed by atoms with Gasteiger partial charge in [-0.3, -0.25) is 9.59 Å². The van der Waals surface area contributed by atoms with Gasteiger partial charge in [0.05, 0.1) is 6.04 Å². The highest BCUT2D eigenvalue weighted by atomic mass is 35.5. The zero-order valence-corrected chi connectivity index (χ0v) is 14.8. The smallest absolute Gasteiger partial charge is 0.244 e. The van der Waals surface area contributed by atoms with Crippen LogP contribution in [-0.2, 0) is 9.59 Å². The van der Waals surface area contributed by atoms with Gasteiger partial charge >= 0.3 is 0 Å². The second kappa shape index (κ2) is 7.97. The summed E-state index contributed by atoms with van der Waals surface area (Å²) in [6, 6.07) is 14.8. The van der Waals surface area contributed by atoms with Gasteiger partial charge in [0, 0.05) is 17.6 Å². The molecule has 0 radical (unpaired) electrons. The van der Waals surface area contributed by atoms with E-state index in [4.69, 9.17) is 11.6 Å². The van der Waals surface area contributed by atoms with Gasteiger partial charge in [-0.25, -0.2) is 0 Å². The van der Waals surface area contributed by atoms with Crippen LogP contribution in [0.4, 0.5) is 5.69 Å². The molecule has 24 heavy (non-hydrogen) atoms. The first-order valence-corrected chi connectivity index (χ1v) is 8.15. The minimum absolute atomic E-state index is 0.0165. The molecule has 2 rings (SSSR count). The van der Waals surface area contributed by atoms with Crippen LogP contribution in [0.15, 0.2) is 48.5 Å². The third kappa shape index (κ3) is 4.36. The van der Waals surface area contributed by atoms with Crippen molar-refractivity contribution in [3.8, 4) is 0 Å². The molecule has 0 fully saturated rings. The summed E-state index contributed by atoms with van der Waals surface area (Å²) in [5.41, 5.74) is 2.45. The van der Waals surface area contributed by atoms with Crippen LogP contribution in [-0.4, -0.2) is 23.3 Å². The summed E-state index contributed by atoms with van der Waals surface area (Å²) in [5.74, 6) is -0.400. The van der Waals surface area contributed by atoms with Gasteiger partial charge < -0.3 is 10.2 Å². The van der Waals surface area contributed by atoms with Crippen molar-refractivity contribution in [3.05, 3.63) is 64.7 Å². The lowest BCUT2D eigenvalue weighted by atomic mass is 10.1. The number of carbonyl (C=O) groups excluding carboxylic acids is 2. The molecule has 126 valence electrons. The number of nitrogens with one attached hydrogen (secondary N) is 1. The molecule has 1 N–H and O–H groups in total. The molecule has 0 aromatic heterocycles. The Balaban J connectivity index is 2.12. The zero-order valence-electron chi connectivity index (χ0n) is 14.0. The lowest BCUT2D eigenvalue weighted by molar-refractivity contribution is -0.134. The molecule has 2 aromatic carbocycles. The lowest BCUT2D eigenvalue weighted by Gasteiger charge is -2.28. The Labute approximate surface area is 147 Å². The van der Waals surface area contributed by atoms with Crippen LogP contribution in [0.5, 0.6) is 0 Å². The monoisotopic (exact) mass is 344 g/mol. The second-order valence-electron chi connectivity index (χ2n) is 5.69. The van der Waals surface area contributed by atoms with E-state index in [1.54, 1.807) is 23.1 Å². The van der Waals surface area contributed by atoms with E-state index in [-0.39, 0.29) is 24.4 Å². The highest BCUT2D eigenvalue weighted by Gasteiger charge is 2.21. The van der Waals surface area contributed by atoms with Gasteiger partial charge in [-0.2, -0.15) is 0 Å². The van der Waals surface area contributed by atoms with Crippen LogP contribution < -0.4 is 5.32 Å². The van der Waals surface area contributed by atoms with E-state index in [2.05, 4.69) is 5.32 Å². The summed E-state index contributed by atoms with van der Waals surface area (Å²) in [6.45, 7) is 5.20. The van der Waals surface area contributed by atoms with Crippen molar-refractivity contribution >= 4 is 29.1 Å².